The number of benzene rings is 1. The Balaban J connectivity index is 1.30. The van der Waals surface area contributed by atoms with Crippen molar-refractivity contribution in [2.75, 3.05) is 25.0 Å². The second kappa shape index (κ2) is 10.2. The molecule has 1 aliphatic carbocycles. The molecule has 2 N–H and O–H groups in total. The standard InChI is InChI=1S/C30H33F2N7O/c1-17-15-38(16-25(33)30(17)37(3)18(2)40)27-8-9-34-13-21(27)12-28-35-14-22-6-7-26(36-39(22)28)29-23(31)10-20(11-24(29)32)19-4-5-19/h6-11,13-14,17,19,25,30H,4-5,12,15-16,33H2,1-3H3/t17-,25+,30-/m0/s1. The van der Waals surface area contributed by atoms with Gasteiger partial charge in [-0.3, -0.25) is 9.78 Å². The molecule has 8 nitrogen and oxygen atoms in total. The molecule has 0 radical (unpaired) electrons. The number of fused-ring (bicyclic) bond motifs is 1. The van der Waals surface area contributed by atoms with Crippen LogP contribution < -0.4 is 10.6 Å². The van der Waals surface area contributed by atoms with Crippen molar-refractivity contribution in [3.8, 4) is 11.3 Å². The van der Waals surface area contributed by atoms with Gasteiger partial charge in [0.25, 0.3) is 0 Å². The van der Waals surface area contributed by atoms with Gasteiger partial charge in [-0.05, 0) is 60.6 Å². The molecule has 1 amide bonds. The third kappa shape index (κ3) is 4.81. The van der Waals surface area contributed by atoms with Crippen LogP contribution in [0.3, 0.4) is 0 Å². The molecule has 208 valence electrons. The van der Waals surface area contributed by atoms with Crippen LogP contribution in [-0.2, 0) is 11.2 Å². The minimum Gasteiger partial charge on any atom is -0.369 e. The van der Waals surface area contributed by atoms with Crippen molar-refractivity contribution in [3.05, 3.63) is 77.5 Å². The SMILES string of the molecule is CC(=O)N(C)[C@@H]1[C@H](N)CN(c2ccncc2Cc2ncc3ccc(-c4c(F)cc(C5CC5)cc4F)nn23)C[C@@H]1C. The van der Waals surface area contributed by atoms with Gasteiger partial charge in [-0.25, -0.2) is 18.3 Å². The second-order valence-corrected chi connectivity index (χ2v) is 11.2. The summed E-state index contributed by atoms with van der Waals surface area (Å²) in [5, 5.41) is 4.61. The quantitative estimate of drug-likeness (QED) is 0.391. The van der Waals surface area contributed by atoms with E-state index in [9.17, 15) is 4.79 Å². The average Bonchev–Trinajstić information content (AvgIpc) is 3.70. The predicted octanol–water partition coefficient (Wildman–Crippen LogP) is 4.17. The first-order chi connectivity index (χ1) is 19.2. The van der Waals surface area contributed by atoms with E-state index in [-0.39, 0.29) is 41.1 Å². The Labute approximate surface area is 231 Å². The van der Waals surface area contributed by atoms with Crippen molar-refractivity contribution >= 4 is 17.1 Å². The maximum atomic E-state index is 15.1. The number of amides is 1. The zero-order valence-electron chi connectivity index (χ0n) is 22.9. The van der Waals surface area contributed by atoms with E-state index in [1.807, 2.05) is 6.07 Å². The van der Waals surface area contributed by atoms with Crippen LogP contribution in [0.4, 0.5) is 14.5 Å². The van der Waals surface area contributed by atoms with Gasteiger partial charge < -0.3 is 15.5 Å². The molecular formula is C30H33F2N7O. The molecule has 1 aliphatic heterocycles. The zero-order chi connectivity index (χ0) is 28.1. The number of carbonyl (C=O) groups is 1. The summed E-state index contributed by atoms with van der Waals surface area (Å²) >= 11 is 0. The molecule has 4 heterocycles. The number of rotatable bonds is 6. The van der Waals surface area contributed by atoms with Gasteiger partial charge in [0.15, 0.2) is 0 Å². The van der Waals surface area contributed by atoms with E-state index in [1.54, 1.807) is 54.1 Å². The van der Waals surface area contributed by atoms with Crippen molar-refractivity contribution in [1.29, 1.82) is 0 Å². The van der Waals surface area contributed by atoms with E-state index in [0.717, 1.165) is 36.2 Å². The highest BCUT2D eigenvalue weighted by molar-refractivity contribution is 5.73. The number of aromatic nitrogens is 4. The lowest BCUT2D eigenvalue weighted by Gasteiger charge is -2.46. The Bertz CT molecular complexity index is 1550. The fraction of sp³-hybridized carbons (Fsp3) is 0.400. The molecule has 6 rings (SSSR count). The molecule has 3 aromatic heterocycles. The molecule has 2 fully saturated rings. The van der Waals surface area contributed by atoms with Crippen molar-refractivity contribution in [1.82, 2.24) is 24.5 Å². The van der Waals surface area contributed by atoms with Gasteiger partial charge in [-0.2, -0.15) is 5.10 Å². The summed E-state index contributed by atoms with van der Waals surface area (Å²) in [6.07, 6.45) is 7.60. The van der Waals surface area contributed by atoms with Crippen LogP contribution in [0.2, 0.25) is 0 Å². The van der Waals surface area contributed by atoms with Gasteiger partial charge >= 0.3 is 0 Å². The molecule has 40 heavy (non-hydrogen) atoms. The van der Waals surface area contributed by atoms with Gasteiger partial charge in [0.1, 0.15) is 17.5 Å². The summed E-state index contributed by atoms with van der Waals surface area (Å²) in [6, 6.07) is 7.96. The summed E-state index contributed by atoms with van der Waals surface area (Å²) < 4.78 is 31.7. The molecule has 2 aliphatic rings. The van der Waals surface area contributed by atoms with Gasteiger partial charge in [0, 0.05) is 63.2 Å². The van der Waals surface area contributed by atoms with Crippen LogP contribution in [0.15, 0.2) is 48.9 Å². The number of piperidine rings is 1. The second-order valence-electron chi connectivity index (χ2n) is 11.2. The van der Waals surface area contributed by atoms with Crippen LogP contribution in [0, 0.1) is 17.6 Å². The number of anilines is 1. The molecule has 1 saturated carbocycles. The Kier molecular flexibility index (Phi) is 6.74. The van der Waals surface area contributed by atoms with E-state index >= 15 is 8.78 Å². The number of imidazole rings is 1. The Morgan fingerprint density at radius 1 is 1.12 bits per heavy atom. The number of halogens is 2. The van der Waals surface area contributed by atoms with Gasteiger partial charge in [-0.1, -0.05) is 6.92 Å². The number of nitrogens with zero attached hydrogens (tertiary/aromatic N) is 6. The first kappa shape index (κ1) is 26.3. The summed E-state index contributed by atoms with van der Waals surface area (Å²) in [5.74, 6) is -0.164. The minimum atomic E-state index is -0.603. The highest BCUT2D eigenvalue weighted by atomic mass is 19.1. The zero-order valence-corrected chi connectivity index (χ0v) is 22.9. The molecule has 1 aromatic carbocycles. The summed E-state index contributed by atoms with van der Waals surface area (Å²) in [4.78, 5) is 24.9. The number of pyridine rings is 1. The number of hydrogen-bond acceptors (Lipinski definition) is 6. The fourth-order valence-corrected chi connectivity index (χ4v) is 6.10. The highest BCUT2D eigenvalue weighted by Gasteiger charge is 2.36. The lowest BCUT2D eigenvalue weighted by molar-refractivity contribution is -0.131. The van der Waals surface area contributed by atoms with Crippen LogP contribution in [0.1, 0.15) is 49.6 Å². The van der Waals surface area contributed by atoms with Gasteiger partial charge in [0.2, 0.25) is 5.91 Å². The Hall–Kier alpha value is -3.92. The molecule has 0 unspecified atom stereocenters. The lowest BCUT2D eigenvalue weighted by atomic mass is 9.88. The smallest absolute Gasteiger partial charge is 0.219 e. The summed E-state index contributed by atoms with van der Waals surface area (Å²) in [5.41, 5.74) is 10.0. The van der Waals surface area contributed by atoms with Crippen molar-refractivity contribution in [2.45, 2.75) is 51.1 Å². The molecule has 3 atom stereocenters. The fourth-order valence-electron chi connectivity index (χ4n) is 6.10. The first-order valence-corrected chi connectivity index (χ1v) is 13.7. The highest BCUT2D eigenvalue weighted by Crippen LogP contribution is 2.42. The van der Waals surface area contributed by atoms with Gasteiger partial charge in [0.05, 0.1) is 29.0 Å². The molecule has 10 heteroatoms. The molecule has 0 bridgehead atoms. The van der Waals surface area contributed by atoms with Gasteiger partial charge in [-0.15, -0.1) is 0 Å². The lowest BCUT2D eigenvalue weighted by Crippen LogP contribution is -2.62. The van der Waals surface area contributed by atoms with Crippen LogP contribution >= 0.6 is 0 Å². The third-order valence-corrected chi connectivity index (χ3v) is 8.30. The molecule has 1 saturated heterocycles. The number of likely N-dealkylation sites (N-methyl/N-ethyl adjacent to an activating group) is 1. The maximum Gasteiger partial charge on any atom is 0.219 e. The number of hydrogen-bond donors (Lipinski definition) is 1. The topological polar surface area (TPSA) is 92.6 Å². The van der Waals surface area contributed by atoms with E-state index in [4.69, 9.17) is 5.73 Å². The maximum absolute atomic E-state index is 15.1. The van der Waals surface area contributed by atoms with Crippen molar-refractivity contribution < 1.29 is 13.6 Å². The normalized spacial score (nSPS) is 21.1. The van der Waals surface area contributed by atoms with E-state index < -0.39 is 11.6 Å². The summed E-state index contributed by atoms with van der Waals surface area (Å²) in [7, 11) is 1.81. The Morgan fingerprint density at radius 2 is 1.88 bits per heavy atom. The number of carbonyl (C=O) groups excluding carboxylic acids is 1. The molecular weight excluding hydrogens is 512 g/mol. The van der Waals surface area contributed by atoms with E-state index in [0.29, 0.717) is 24.4 Å². The van der Waals surface area contributed by atoms with Crippen LogP contribution in [0.25, 0.3) is 16.8 Å². The number of nitrogens with two attached hydrogens (primary N) is 1. The van der Waals surface area contributed by atoms with Crippen molar-refractivity contribution in [2.24, 2.45) is 11.7 Å². The third-order valence-electron chi connectivity index (χ3n) is 8.30. The molecule has 0 spiro atoms. The van der Waals surface area contributed by atoms with Crippen LogP contribution in [-0.4, -0.2) is 62.6 Å². The average molecular weight is 546 g/mol. The predicted molar refractivity (Wildman–Crippen MR) is 149 cm³/mol. The minimum absolute atomic E-state index is 0.00187. The van der Waals surface area contributed by atoms with E-state index in [1.165, 1.54) is 12.1 Å². The monoisotopic (exact) mass is 545 g/mol. The summed E-state index contributed by atoms with van der Waals surface area (Å²) in [6.45, 7) is 4.99. The van der Waals surface area contributed by atoms with Crippen molar-refractivity contribution in [3.63, 3.8) is 0 Å². The molecule has 4 aromatic rings. The Morgan fingerprint density at radius 3 is 2.55 bits per heavy atom. The largest absolute Gasteiger partial charge is 0.369 e. The first-order valence-electron chi connectivity index (χ1n) is 13.7. The van der Waals surface area contributed by atoms with Crippen LogP contribution in [0.5, 0.6) is 0 Å². The van der Waals surface area contributed by atoms with E-state index in [2.05, 4.69) is 26.9 Å².